The number of hydrogen-bond donors (Lipinski definition) is 0. The van der Waals surface area contributed by atoms with Gasteiger partial charge in [-0.2, -0.15) is 5.26 Å². The van der Waals surface area contributed by atoms with Crippen molar-refractivity contribution >= 4 is 12.0 Å². The second-order valence-corrected chi connectivity index (χ2v) is 10.5. The van der Waals surface area contributed by atoms with E-state index in [4.69, 9.17) is 4.99 Å². The molecule has 0 aromatic heterocycles. The van der Waals surface area contributed by atoms with E-state index < -0.39 is 0 Å². The van der Waals surface area contributed by atoms with Crippen molar-refractivity contribution in [2.24, 2.45) is 22.7 Å². The minimum atomic E-state index is 0. The van der Waals surface area contributed by atoms with Crippen LogP contribution in [0.15, 0.2) is 76.9 Å². The van der Waals surface area contributed by atoms with Crippen molar-refractivity contribution in [2.75, 3.05) is 0 Å². The Hall–Kier alpha value is -3.25. The van der Waals surface area contributed by atoms with Crippen LogP contribution < -0.4 is 0 Å². The summed E-state index contributed by atoms with van der Waals surface area (Å²) in [7, 11) is 0. The Morgan fingerprint density at radius 1 is 1.14 bits per heavy atom. The number of Topliss-reactive ketones (excluding diaryl/α,β-unsaturated/α-hetero) is 1. The summed E-state index contributed by atoms with van der Waals surface area (Å²) >= 11 is 0. The van der Waals surface area contributed by atoms with Crippen LogP contribution >= 0.6 is 0 Å². The van der Waals surface area contributed by atoms with Crippen molar-refractivity contribution in [1.82, 2.24) is 0 Å². The highest BCUT2D eigenvalue weighted by Gasteiger charge is 2.31. The van der Waals surface area contributed by atoms with Gasteiger partial charge in [0.2, 0.25) is 0 Å². The van der Waals surface area contributed by atoms with Gasteiger partial charge in [-0.3, -0.25) is 9.79 Å². The SMILES string of the molecule is C/C=C\C1=C(C2CCCC(c3cccc(CC(=O)Cc4ccccc4C#N)c3)C2)N=CC(C)C1CC.[HH].[HH].[HH]. The lowest BCUT2D eigenvalue weighted by atomic mass is 9.73. The van der Waals surface area contributed by atoms with Gasteiger partial charge < -0.3 is 0 Å². The van der Waals surface area contributed by atoms with Gasteiger partial charge in [0.1, 0.15) is 5.78 Å². The number of nitriles is 1. The van der Waals surface area contributed by atoms with Gasteiger partial charge in [0.15, 0.2) is 0 Å². The largest absolute Gasteiger partial charge is 0.299 e. The molecule has 1 aliphatic heterocycles. The fraction of sp³-hybridized carbons (Fsp3) is 0.424. The molecule has 3 heteroatoms. The molecule has 0 N–H and O–H groups in total. The highest BCUT2D eigenvalue weighted by Crippen LogP contribution is 2.44. The maximum absolute atomic E-state index is 12.8. The molecule has 36 heavy (non-hydrogen) atoms. The van der Waals surface area contributed by atoms with Crippen molar-refractivity contribution in [3.8, 4) is 6.07 Å². The number of rotatable bonds is 8. The van der Waals surface area contributed by atoms with Crippen LogP contribution in [-0.2, 0) is 17.6 Å². The number of nitrogens with zero attached hydrogens (tertiary/aromatic N) is 2. The van der Waals surface area contributed by atoms with Crippen LogP contribution in [0, 0.1) is 29.1 Å². The van der Waals surface area contributed by atoms with Crippen LogP contribution in [0.5, 0.6) is 0 Å². The third kappa shape index (κ3) is 5.93. The fourth-order valence-electron chi connectivity index (χ4n) is 6.15. The lowest BCUT2D eigenvalue weighted by Crippen LogP contribution is -2.24. The molecule has 2 aromatic rings. The van der Waals surface area contributed by atoms with Crippen molar-refractivity contribution in [2.45, 2.75) is 71.6 Å². The quantitative estimate of drug-likeness (QED) is 0.377. The fourth-order valence-corrected chi connectivity index (χ4v) is 6.15. The van der Waals surface area contributed by atoms with Gasteiger partial charge in [-0.1, -0.05) is 74.9 Å². The van der Waals surface area contributed by atoms with Crippen LogP contribution in [-0.4, -0.2) is 12.0 Å². The third-order valence-electron chi connectivity index (χ3n) is 7.97. The number of carbonyl (C=O) groups excluding carboxylic acids is 1. The predicted octanol–water partition coefficient (Wildman–Crippen LogP) is 8.50. The highest BCUT2D eigenvalue weighted by molar-refractivity contribution is 5.83. The summed E-state index contributed by atoms with van der Waals surface area (Å²) in [5.41, 5.74) is 6.57. The smallest absolute Gasteiger partial charge is 0.141 e. The third-order valence-corrected chi connectivity index (χ3v) is 7.97. The van der Waals surface area contributed by atoms with Crippen LogP contribution in [0.1, 0.15) is 85.3 Å². The topological polar surface area (TPSA) is 53.2 Å². The van der Waals surface area contributed by atoms with Gasteiger partial charge in [0.05, 0.1) is 11.6 Å². The molecule has 3 nitrogen and oxygen atoms in total. The predicted molar refractivity (Wildman–Crippen MR) is 154 cm³/mol. The molecule has 1 fully saturated rings. The minimum Gasteiger partial charge on any atom is -0.299 e. The average Bonchev–Trinajstić information content (AvgIpc) is 2.89. The van der Waals surface area contributed by atoms with E-state index in [1.54, 1.807) is 6.07 Å². The Morgan fingerprint density at radius 2 is 1.94 bits per heavy atom. The molecule has 0 radical (unpaired) electrons. The molecule has 2 aromatic carbocycles. The Kier molecular flexibility index (Phi) is 8.70. The molecule has 0 bridgehead atoms. The van der Waals surface area contributed by atoms with Gasteiger partial charge in [-0.15, -0.1) is 0 Å². The number of aliphatic imine (C=N–C) groups is 1. The molecular weight excluding hydrogens is 440 g/mol. The van der Waals surface area contributed by atoms with Crippen molar-refractivity contribution in [3.05, 3.63) is 94.2 Å². The van der Waals surface area contributed by atoms with E-state index in [1.807, 2.05) is 18.2 Å². The Balaban J connectivity index is 0.00000253. The summed E-state index contributed by atoms with van der Waals surface area (Å²) in [6.45, 7) is 6.68. The molecule has 4 atom stereocenters. The first kappa shape index (κ1) is 25.8. The summed E-state index contributed by atoms with van der Waals surface area (Å²) in [6, 6.07) is 18.2. The van der Waals surface area contributed by atoms with Gasteiger partial charge >= 0.3 is 0 Å². The Labute approximate surface area is 221 Å². The molecule has 0 spiro atoms. The summed E-state index contributed by atoms with van der Waals surface area (Å²) in [6.07, 6.45) is 13.2. The Bertz CT molecular complexity index is 1230. The first-order valence-corrected chi connectivity index (χ1v) is 13.5. The minimum absolute atomic E-state index is 0. The number of allylic oxidation sites excluding steroid dienone is 4. The summed E-state index contributed by atoms with van der Waals surface area (Å²) < 4.78 is 0. The number of ketones is 1. The lowest BCUT2D eigenvalue weighted by Gasteiger charge is -2.35. The van der Waals surface area contributed by atoms with E-state index in [2.05, 4.69) is 69.5 Å². The summed E-state index contributed by atoms with van der Waals surface area (Å²) in [4.78, 5) is 17.8. The maximum atomic E-state index is 12.8. The number of hydrogen-bond acceptors (Lipinski definition) is 3. The molecule has 2 aliphatic rings. The van der Waals surface area contributed by atoms with Crippen molar-refractivity contribution in [1.29, 1.82) is 5.26 Å². The molecule has 1 saturated carbocycles. The molecule has 1 heterocycles. The van der Waals surface area contributed by atoms with Gasteiger partial charge in [-0.05, 0) is 78.7 Å². The van der Waals surface area contributed by atoms with Crippen LogP contribution in [0.3, 0.4) is 0 Å². The monoisotopic (exact) mass is 484 g/mol. The average molecular weight is 485 g/mol. The molecule has 0 amide bonds. The van der Waals surface area contributed by atoms with E-state index in [-0.39, 0.29) is 10.1 Å². The molecule has 1 aliphatic carbocycles. The van der Waals surface area contributed by atoms with Crippen LogP contribution in [0.4, 0.5) is 0 Å². The van der Waals surface area contributed by atoms with E-state index >= 15 is 0 Å². The molecule has 0 saturated heterocycles. The number of carbonyl (C=O) groups is 1. The molecule has 192 valence electrons. The molecule has 4 unspecified atom stereocenters. The second-order valence-electron chi connectivity index (χ2n) is 10.5. The Morgan fingerprint density at radius 3 is 2.72 bits per heavy atom. The zero-order valence-corrected chi connectivity index (χ0v) is 21.9. The normalized spacial score (nSPS) is 24.2. The van der Waals surface area contributed by atoms with Crippen LogP contribution in [0.2, 0.25) is 0 Å². The second kappa shape index (κ2) is 12.1. The maximum Gasteiger partial charge on any atom is 0.141 e. The summed E-state index contributed by atoms with van der Waals surface area (Å²) in [5.74, 6) is 2.16. The van der Waals surface area contributed by atoms with E-state index in [1.165, 1.54) is 36.1 Å². The zero-order valence-electron chi connectivity index (χ0n) is 21.9. The van der Waals surface area contributed by atoms with Gasteiger partial charge in [0, 0.05) is 35.0 Å². The van der Waals surface area contributed by atoms with Gasteiger partial charge in [-0.25, -0.2) is 0 Å². The molecule has 4 rings (SSSR count). The lowest BCUT2D eigenvalue weighted by molar-refractivity contribution is -0.117. The standard InChI is InChI=1S/C33H38N2O.3H2/c1-4-10-32-31(5-2)23(3)22-35-33(32)28-16-9-15-26(19-28)25-14-8-11-24(17-25)18-30(36)20-27-12-6-7-13-29(27)21-34;;;/h4,6-8,10-14,17,22-23,26,28,31H,5,9,15-16,18-20H2,1-3H3;3*1H/b10-4-;;;. The zero-order chi connectivity index (χ0) is 25.5. The van der Waals surface area contributed by atoms with Gasteiger partial charge in [0.25, 0.3) is 0 Å². The van der Waals surface area contributed by atoms with Crippen LogP contribution in [0.25, 0.3) is 0 Å². The number of benzene rings is 2. The van der Waals surface area contributed by atoms with E-state index in [0.29, 0.717) is 42.1 Å². The highest BCUT2D eigenvalue weighted by atomic mass is 16.1. The van der Waals surface area contributed by atoms with Crippen molar-refractivity contribution < 1.29 is 9.07 Å². The first-order chi connectivity index (χ1) is 17.5. The first-order valence-electron chi connectivity index (χ1n) is 13.5. The van der Waals surface area contributed by atoms with Crippen molar-refractivity contribution in [3.63, 3.8) is 0 Å². The molecular formula is C33H44N2O. The van der Waals surface area contributed by atoms with E-state index in [9.17, 15) is 10.1 Å². The van der Waals surface area contributed by atoms with E-state index in [0.717, 1.165) is 24.0 Å². The summed E-state index contributed by atoms with van der Waals surface area (Å²) in [5, 5.41) is 9.33.